The highest BCUT2D eigenvalue weighted by molar-refractivity contribution is 7.10. The zero-order valence-electron chi connectivity index (χ0n) is 8.40. The van der Waals surface area contributed by atoms with Gasteiger partial charge in [0.05, 0.1) is 11.6 Å². The number of phenolic OH excluding ortho intramolecular Hbond substituents is 1. The second-order valence-electron chi connectivity index (χ2n) is 3.32. The van der Waals surface area contributed by atoms with Gasteiger partial charge in [0.25, 0.3) is 0 Å². The Morgan fingerprint density at radius 3 is 2.81 bits per heavy atom. The van der Waals surface area contributed by atoms with Crippen molar-refractivity contribution in [2.45, 2.75) is 6.54 Å². The van der Waals surface area contributed by atoms with Gasteiger partial charge in [-0.1, -0.05) is 11.6 Å². The van der Waals surface area contributed by atoms with Crippen molar-refractivity contribution in [1.29, 1.82) is 0 Å². The molecule has 0 saturated heterocycles. The molecular weight excluding hydrogens is 244 g/mol. The number of nitrogens with one attached hydrogen (secondary N) is 1. The number of phenols is 1. The zero-order valence-corrected chi connectivity index (χ0v) is 9.98. The molecule has 0 aliphatic carbocycles. The van der Waals surface area contributed by atoms with Gasteiger partial charge in [0.2, 0.25) is 0 Å². The van der Waals surface area contributed by atoms with Crippen molar-refractivity contribution < 1.29 is 5.11 Å². The summed E-state index contributed by atoms with van der Waals surface area (Å²) in [5.41, 5.74) is 7.41. The molecule has 1 aromatic carbocycles. The largest absolute Gasteiger partial charge is 0.506 e. The van der Waals surface area contributed by atoms with Gasteiger partial charge in [-0.2, -0.15) is 0 Å². The molecule has 0 unspecified atom stereocenters. The number of nitrogens with two attached hydrogens (primary N) is 1. The average molecular weight is 255 g/mol. The first-order chi connectivity index (χ1) is 7.66. The van der Waals surface area contributed by atoms with E-state index in [1.54, 1.807) is 29.5 Å². The van der Waals surface area contributed by atoms with Crippen LogP contribution in [0.2, 0.25) is 5.02 Å². The molecule has 0 aliphatic rings. The number of nitrogen functional groups attached to an aromatic ring is 1. The number of thiophene rings is 1. The monoisotopic (exact) mass is 254 g/mol. The van der Waals surface area contributed by atoms with Crippen LogP contribution < -0.4 is 11.1 Å². The molecule has 4 N–H and O–H groups in total. The van der Waals surface area contributed by atoms with E-state index < -0.39 is 0 Å². The SMILES string of the molecule is Nc1ccsc1CNc1ccc(O)c(Cl)c1. The highest BCUT2D eigenvalue weighted by Gasteiger charge is 2.02. The number of rotatable bonds is 3. The Kier molecular flexibility index (Phi) is 3.22. The third-order valence-corrected chi connectivity index (χ3v) is 3.42. The predicted molar refractivity (Wildman–Crippen MR) is 69.2 cm³/mol. The van der Waals surface area contributed by atoms with Crippen LogP contribution in [-0.4, -0.2) is 5.11 Å². The first-order valence-corrected chi connectivity index (χ1v) is 5.97. The normalized spacial score (nSPS) is 10.3. The smallest absolute Gasteiger partial charge is 0.134 e. The zero-order chi connectivity index (χ0) is 11.5. The Morgan fingerprint density at radius 1 is 1.38 bits per heavy atom. The molecule has 0 aliphatic heterocycles. The van der Waals surface area contributed by atoms with E-state index in [1.165, 1.54) is 0 Å². The fourth-order valence-corrected chi connectivity index (χ4v) is 2.21. The second kappa shape index (κ2) is 4.63. The van der Waals surface area contributed by atoms with Crippen LogP contribution >= 0.6 is 22.9 Å². The van der Waals surface area contributed by atoms with Crippen molar-refractivity contribution in [2.75, 3.05) is 11.1 Å². The van der Waals surface area contributed by atoms with Gasteiger partial charge in [-0.25, -0.2) is 0 Å². The van der Waals surface area contributed by atoms with Crippen LogP contribution in [0.3, 0.4) is 0 Å². The lowest BCUT2D eigenvalue weighted by Crippen LogP contribution is -1.99. The quantitative estimate of drug-likeness (QED) is 0.737. The topological polar surface area (TPSA) is 58.3 Å². The summed E-state index contributed by atoms with van der Waals surface area (Å²) in [6.07, 6.45) is 0. The van der Waals surface area contributed by atoms with Gasteiger partial charge in [0, 0.05) is 16.3 Å². The summed E-state index contributed by atoms with van der Waals surface area (Å²) in [6.45, 7) is 0.657. The van der Waals surface area contributed by atoms with Gasteiger partial charge in [-0.05, 0) is 29.6 Å². The Morgan fingerprint density at radius 2 is 2.19 bits per heavy atom. The third kappa shape index (κ3) is 2.40. The van der Waals surface area contributed by atoms with E-state index in [4.69, 9.17) is 17.3 Å². The Balaban J connectivity index is 2.05. The minimum atomic E-state index is 0.0860. The van der Waals surface area contributed by atoms with Gasteiger partial charge < -0.3 is 16.2 Å². The molecule has 1 aromatic heterocycles. The summed E-state index contributed by atoms with van der Waals surface area (Å²) in [4.78, 5) is 1.09. The lowest BCUT2D eigenvalue weighted by Gasteiger charge is -2.06. The fraction of sp³-hybridized carbons (Fsp3) is 0.0909. The minimum Gasteiger partial charge on any atom is -0.506 e. The molecule has 0 spiro atoms. The van der Waals surface area contributed by atoms with Gasteiger partial charge in [0.15, 0.2) is 0 Å². The van der Waals surface area contributed by atoms with E-state index >= 15 is 0 Å². The van der Waals surface area contributed by atoms with Crippen LogP contribution in [0, 0.1) is 0 Å². The number of benzene rings is 1. The summed E-state index contributed by atoms with van der Waals surface area (Å²) in [5, 5.41) is 14.7. The summed E-state index contributed by atoms with van der Waals surface area (Å²) in [6, 6.07) is 6.89. The summed E-state index contributed by atoms with van der Waals surface area (Å²) in [5.74, 6) is 0.0860. The number of hydrogen-bond donors (Lipinski definition) is 3. The highest BCUT2D eigenvalue weighted by Crippen LogP contribution is 2.27. The molecule has 84 valence electrons. The third-order valence-electron chi connectivity index (χ3n) is 2.18. The highest BCUT2D eigenvalue weighted by atomic mass is 35.5. The van der Waals surface area contributed by atoms with E-state index in [0.717, 1.165) is 16.3 Å². The van der Waals surface area contributed by atoms with Crippen LogP contribution in [0.1, 0.15) is 4.88 Å². The van der Waals surface area contributed by atoms with E-state index in [-0.39, 0.29) is 5.75 Å². The molecule has 5 heteroatoms. The maximum atomic E-state index is 9.26. The minimum absolute atomic E-state index is 0.0860. The molecule has 0 radical (unpaired) electrons. The second-order valence-corrected chi connectivity index (χ2v) is 4.73. The lowest BCUT2D eigenvalue weighted by atomic mass is 10.3. The van der Waals surface area contributed by atoms with Crippen molar-refractivity contribution in [3.63, 3.8) is 0 Å². The van der Waals surface area contributed by atoms with Gasteiger partial charge >= 0.3 is 0 Å². The van der Waals surface area contributed by atoms with Crippen molar-refractivity contribution in [2.24, 2.45) is 0 Å². The molecular formula is C11H11ClN2OS. The molecule has 2 rings (SSSR count). The van der Waals surface area contributed by atoms with Crippen LogP contribution in [0.5, 0.6) is 5.75 Å². The van der Waals surface area contributed by atoms with Gasteiger partial charge in [0.1, 0.15) is 5.75 Å². The number of anilines is 2. The Labute approximate surface area is 102 Å². The van der Waals surface area contributed by atoms with Crippen molar-refractivity contribution in [1.82, 2.24) is 0 Å². The first kappa shape index (κ1) is 11.1. The number of hydrogen-bond acceptors (Lipinski definition) is 4. The summed E-state index contributed by atoms with van der Waals surface area (Å²) < 4.78 is 0. The number of aromatic hydroxyl groups is 1. The van der Waals surface area contributed by atoms with E-state index in [2.05, 4.69) is 5.32 Å². The molecule has 0 atom stereocenters. The van der Waals surface area contributed by atoms with E-state index in [9.17, 15) is 5.11 Å². The molecule has 3 nitrogen and oxygen atoms in total. The van der Waals surface area contributed by atoms with Gasteiger partial charge in [-0.15, -0.1) is 11.3 Å². The molecule has 1 heterocycles. The fourth-order valence-electron chi connectivity index (χ4n) is 1.29. The van der Waals surface area contributed by atoms with Crippen molar-refractivity contribution in [3.8, 4) is 5.75 Å². The van der Waals surface area contributed by atoms with Gasteiger partial charge in [-0.3, -0.25) is 0 Å². The predicted octanol–water partition coefficient (Wildman–Crippen LogP) is 3.30. The van der Waals surface area contributed by atoms with Crippen LogP contribution in [0.15, 0.2) is 29.6 Å². The Hall–Kier alpha value is -1.39. The van der Waals surface area contributed by atoms with E-state index in [0.29, 0.717) is 11.6 Å². The molecule has 0 fully saturated rings. The Bertz CT molecular complexity index is 498. The van der Waals surface area contributed by atoms with Crippen molar-refractivity contribution in [3.05, 3.63) is 39.5 Å². The summed E-state index contributed by atoms with van der Waals surface area (Å²) in [7, 11) is 0. The molecule has 0 bridgehead atoms. The van der Waals surface area contributed by atoms with Crippen LogP contribution in [0.25, 0.3) is 0 Å². The maximum absolute atomic E-state index is 9.26. The molecule has 2 aromatic rings. The molecule has 16 heavy (non-hydrogen) atoms. The average Bonchev–Trinajstić information content (AvgIpc) is 2.66. The maximum Gasteiger partial charge on any atom is 0.134 e. The number of halogens is 1. The molecule has 0 amide bonds. The molecule has 0 saturated carbocycles. The lowest BCUT2D eigenvalue weighted by molar-refractivity contribution is 0.475. The van der Waals surface area contributed by atoms with Crippen LogP contribution in [0.4, 0.5) is 11.4 Å². The standard InChI is InChI=1S/C11H11ClN2OS/c12-8-5-7(1-2-10(8)15)14-6-11-9(13)3-4-16-11/h1-5,14-15H,6,13H2. The first-order valence-electron chi connectivity index (χ1n) is 4.71. The van der Waals surface area contributed by atoms with E-state index in [1.807, 2.05) is 11.4 Å². The summed E-state index contributed by atoms with van der Waals surface area (Å²) >= 11 is 7.40. The van der Waals surface area contributed by atoms with Crippen molar-refractivity contribution >= 4 is 34.3 Å². The van der Waals surface area contributed by atoms with Crippen LogP contribution in [-0.2, 0) is 6.54 Å².